The van der Waals surface area contributed by atoms with E-state index < -0.39 is 0 Å². The molecule has 0 unspecified atom stereocenters. The fourth-order valence-corrected chi connectivity index (χ4v) is 3.00. The highest BCUT2D eigenvalue weighted by molar-refractivity contribution is 6.30. The van der Waals surface area contributed by atoms with Crippen molar-refractivity contribution in [1.29, 1.82) is 0 Å². The Kier molecular flexibility index (Phi) is 4.87. The fourth-order valence-electron chi connectivity index (χ4n) is 2.87. The average Bonchev–Trinajstić information content (AvgIpc) is 2.84. The molecule has 0 saturated heterocycles. The lowest BCUT2D eigenvalue weighted by atomic mass is 9.87. The first-order chi connectivity index (χ1) is 9.08. The Morgan fingerprint density at radius 3 is 2.32 bits per heavy atom. The molecule has 19 heavy (non-hydrogen) atoms. The van der Waals surface area contributed by atoms with Crippen LogP contribution in [0.5, 0.6) is 0 Å². The van der Waals surface area contributed by atoms with E-state index in [0.29, 0.717) is 11.1 Å². The highest BCUT2D eigenvalue weighted by Gasteiger charge is 2.27. The smallest absolute Gasteiger partial charge is 0.228 e. The van der Waals surface area contributed by atoms with Gasteiger partial charge >= 0.3 is 0 Å². The average molecular weight is 280 g/mol. The minimum atomic E-state index is -0.0853. The van der Waals surface area contributed by atoms with Crippen molar-refractivity contribution in [3.63, 3.8) is 0 Å². The highest BCUT2D eigenvalue weighted by atomic mass is 35.5. The van der Waals surface area contributed by atoms with Crippen LogP contribution in [0, 0.1) is 5.92 Å². The van der Waals surface area contributed by atoms with Crippen LogP contribution < -0.4 is 5.32 Å². The van der Waals surface area contributed by atoms with Crippen molar-refractivity contribution < 1.29 is 4.79 Å². The van der Waals surface area contributed by atoms with Crippen molar-refractivity contribution in [1.82, 2.24) is 5.32 Å². The molecule has 1 N–H and O–H groups in total. The second-order valence-corrected chi connectivity index (χ2v) is 6.20. The van der Waals surface area contributed by atoms with E-state index in [1.807, 2.05) is 24.3 Å². The van der Waals surface area contributed by atoms with Crippen molar-refractivity contribution in [3.8, 4) is 0 Å². The number of nitrogens with one attached hydrogen (secondary N) is 1. The molecule has 104 valence electrons. The van der Waals surface area contributed by atoms with Crippen molar-refractivity contribution in [2.24, 2.45) is 5.92 Å². The maximum Gasteiger partial charge on any atom is 0.228 e. The number of carbonyl (C=O) groups excluding carboxylic acids is 1. The molecule has 1 saturated carbocycles. The van der Waals surface area contributed by atoms with Crippen molar-refractivity contribution in [2.45, 2.75) is 51.5 Å². The van der Waals surface area contributed by atoms with Crippen LogP contribution in [0.15, 0.2) is 24.3 Å². The first kappa shape index (κ1) is 14.4. The van der Waals surface area contributed by atoms with E-state index in [9.17, 15) is 4.79 Å². The topological polar surface area (TPSA) is 29.1 Å². The third kappa shape index (κ3) is 3.73. The molecule has 0 heterocycles. The van der Waals surface area contributed by atoms with Crippen LogP contribution in [0.25, 0.3) is 0 Å². The summed E-state index contributed by atoms with van der Waals surface area (Å²) in [5.74, 6) is 0.352. The molecule has 0 radical (unpaired) electrons. The van der Waals surface area contributed by atoms with E-state index in [2.05, 4.69) is 19.2 Å². The number of carbonyl (C=O) groups is 1. The molecule has 1 atom stereocenters. The summed E-state index contributed by atoms with van der Waals surface area (Å²) in [7, 11) is 0. The summed E-state index contributed by atoms with van der Waals surface area (Å²) in [5, 5.41) is 3.91. The number of amides is 1. The maximum atomic E-state index is 12.5. The standard InChI is InChI=1S/C16H22ClNO/c1-11(2)15(12-7-9-13(17)10-8-12)16(19)18-14-5-3-4-6-14/h7-11,14-15H,3-6H2,1-2H3,(H,18,19)/t15-/m0/s1. The molecule has 3 heteroatoms. The minimum absolute atomic E-state index is 0.0853. The van der Waals surface area contributed by atoms with Crippen LogP contribution in [-0.2, 0) is 4.79 Å². The van der Waals surface area contributed by atoms with Crippen molar-refractivity contribution in [3.05, 3.63) is 34.9 Å². The number of rotatable bonds is 4. The molecule has 0 spiro atoms. The summed E-state index contributed by atoms with van der Waals surface area (Å²) in [4.78, 5) is 12.5. The quantitative estimate of drug-likeness (QED) is 0.882. The van der Waals surface area contributed by atoms with Crippen LogP contribution in [0.1, 0.15) is 51.0 Å². The summed E-state index contributed by atoms with van der Waals surface area (Å²) in [6.07, 6.45) is 4.71. The molecule has 2 nitrogen and oxygen atoms in total. The van der Waals surface area contributed by atoms with Gasteiger partial charge < -0.3 is 5.32 Å². The number of halogens is 1. The Balaban J connectivity index is 2.10. The molecule has 0 bridgehead atoms. The molecule has 2 rings (SSSR count). The third-order valence-electron chi connectivity index (χ3n) is 3.88. The zero-order chi connectivity index (χ0) is 13.8. The summed E-state index contributed by atoms with van der Waals surface area (Å²) in [6.45, 7) is 4.18. The molecule has 0 aliphatic heterocycles. The van der Waals surface area contributed by atoms with Gasteiger partial charge in [0.2, 0.25) is 5.91 Å². The number of hydrogen-bond donors (Lipinski definition) is 1. The molecule has 1 amide bonds. The molecule has 1 aromatic carbocycles. The predicted octanol–water partition coefficient (Wildman–Crippen LogP) is 4.14. The van der Waals surface area contributed by atoms with Gasteiger partial charge in [0.1, 0.15) is 0 Å². The monoisotopic (exact) mass is 279 g/mol. The SMILES string of the molecule is CC(C)[C@H](C(=O)NC1CCCC1)c1ccc(Cl)cc1. The fraction of sp³-hybridized carbons (Fsp3) is 0.562. The van der Waals surface area contributed by atoms with Gasteiger partial charge in [-0.2, -0.15) is 0 Å². The summed E-state index contributed by atoms with van der Waals surface area (Å²) in [6, 6.07) is 8.01. The Hall–Kier alpha value is -1.02. The maximum absolute atomic E-state index is 12.5. The van der Waals surface area contributed by atoms with Gasteiger partial charge in [0.05, 0.1) is 5.92 Å². The van der Waals surface area contributed by atoms with Crippen LogP contribution in [0.2, 0.25) is 5.02 Å². The van der Waals surface area contributed by atoms with Crippen LogP contribution in [-0.4, -0.2) is 11.9 Å². The number of hydrogen-bond acceptors (Lipinski definition) is 1. The van der Waals surface area contributed by atoms with E-state index in [1.165, 1.54) is 12.8 Å². The van der Waals surface area contributed by atoms with Gasteiger partial charge in [-0.25, -0.2) is 0 Å². The third-order valence-corrected chi connectivity index (χ3v) is 4.13. The van der Waals surface area contributed by atoms with Gasteiger partial charge in [-0.1, -0.05) is 50.4 Å². The number of benzene rings is 1. The van der Waals surface area contributed by atoms with Crippen molar-refractivity contribution in [2.75, 3.05) is 0 Å². The molecule has 1 fully saturated rings. The Labute approximate surface area is 120 Å². The van der Waals surface area contributed by atoms with Crippen LogP contribution in [0.3, 0.4) is 0 Å². The predicted molar refractivity (Wildman–Crippen MR) is 79.4 cm³/mol. The second-order valence-electron chi connectivity index (χ2n) is 5.76. The first-order valence-electron chi connectivity index (χ1n) is 7.14. The van der Waals surface area contributed by atoms with E-state index in [-0.39, 0.29) is 17.7 Å². The Morgan fingerprint density at radius 2 is 1.79 bits per heavy atom. The first-order valence-corrected chi connectivity index (χ1v) is 7.51. The molecule has 1 aliphatic rings. The van der Waals surface area contributed by atoms with Gasteiger partial charge in [-0.15, -0.1) is 0 Å². The largest absolute Gasteiger partial charge is 0.353 e. The lowest BCUT2D eigenvalue weighted by molar-refractivity contribution is -0.124. The summed E-state index contributed by atoms with van der Waals surface area (Å²) in [5.41, 5.74) is 1.05. The minimum Gasteiger partial charge on any atom is -0.353 e. The molecular formula is C16H22ClNO. The second kappa shape index (κ2) is 6.42. The molecular weight excluding hydrogens is 258 g/mol. The molecule has 1 aromatic rings. The Bertz CT molecular complexity index is 421. The van der Waals surface area contributed by atoms with Gasteiger partial charge in [-0.05, 0) is 36.5 Å². The molecule has 0 aromatic heterocycles. The molecule has 1 aliphatic carbocycles. The van der Waals surface area contributed by atoms with Gasteiger partial charge in [0.15, 0.2) is 0 Å². The van der Waals surface area contributed by atoms with Gasteiger partial charge in [0, 0.05) is 11.1 Å². The van der Waals surface area contributed by atoms with E-state index in [0.717, 1.165) is 18.4 Å². The zero-order valence-corrected chi connectivity index (χ0v) is 12.4. The normalized spacial score (nSPS) is 17.7. The van der Waals surface area contributed by atoms with Gasteiger partial charge in [-0.3, -0.25) is 4.79 Å². The van der Waals surface area contributed by atoms with Crippen LogP contribution >= 0.6 is 11.6 Å². The Morgan fingerprint density at radius 1 is 1.21 bits per heavy atom. The van der Waals surface area contributed by atoms with E-state index in [1.54, 1.807) is 0 Å². The van der Waals surface area contributed by atoms with Gasteiger partial charge in [0.25, 0.3) is 0 Å². The van der Waals surface area contributed by atoms with E-state index in [4.69, 9.17) is 11.6 Å². The van der Waals surface area contributed by atoms with Crippen LogP contribution in [0.4, 0.5) is 0 Å². The summed E-state index contributed by atoms with van der Waals surface area (Å²) < 4.78 is 0. The lowest BCUT2D eigenvalue weighted by Crippen LogP contribution is -2.38. The van der Waals surface area contributed by atoms with Crippen molar-refractivity contribution >= 4 is 17.5 Å². The lowest BCUT2D eigenvalue weighted by Gasteiger charge is -2.23. The highest BCUT2D eigenvalue weighted by Crippen LogP contribution is 2.27. The summed E-state index contributed by atoms with van der Waals surface area (Å²) >= 11 is 5.91. The van der Waals surface area contributed by atoms with E-state index >= 15 is 0 Å². The zero-order valence-electron chi connectivity index (χ0n) is 11.7.